The Hall–Kier alpha value is -1.08. The van der Waals surface area contributed by atoms with Gasteiger partial charge in [-0.25, -0.2) is 0 Å². The number of hydrogen-bond acceptors (Lipinski definition) is 1. The Labute approximate surface area is 129 Å². The Morgan fingerprint density at radius 2 is 1.81 bits per heavy atom. The minimum absolute atomic E-state index is 0.444. The van der Waals surface area contributed by atoms with E-state index in [9.17, 15) is 0 Å². The topological polar surface area (TPSA) is 12.0 Å². The van der Waals surface area contributed by atoms with Gasteiger partial charge in [-0.05, 0) is 68.2 Å². The van der Waals surface area contributed by atoms with Gasteiger partial charge < -0.3 is 5.32 Å². The molecule has 1 N–H and O–H groups in total. The molecule has 0 saturated heterocycles. The van der Waals surface area contributed by atoms with Crippen LogP contribution >= 0.6 is 0 Å². The van der Waals surface area contributed by atoms with Crippen LogP contribution < -0.4 is 5.32 Å². The minimum atomic E-state index is 0.444. The molecule has 0 aliphatic heterocycles. The lowest BCUT2D eigenvalue weighted by molar-refractivity contribution is 0.553. The molecular weight excluding hydrogens is 254 g/mol. The molecule has 1 heteroatoms. The molecular formula is C20H29N. The molecule has 1 aromatic rings. The molecule has 1 unspecified atom stereocenters. The molecule has 0 radical (unpaired) electrons. The van der Waals surface area contributed by atoms with E-state index in [1.807, 2.05) is 0 Å². The molecule has 21 heavy (non-hydrogen) atoms. The molecule has 3 rings (SSSR count). The van der Waals surface area contributed by atoms with Gasteiger partial charge in [-0.2, -0.15) is 0 Å². The predicted molar refractivity (Wildman–Crippen MR) is 90.7 cm³/mol. The highest BCUT2D eigenvalue weighted by Gasteiger charge is 2.19. The van der Waals surface area contributed by atoms with Crippen LogP contribution in [0.3, 0.4) is 0 Å². The summed E-state index contributed by atoms with van der Waals surface area (Å²) < 4.78 is 0. The summed E-state index contributed by atoms with van der Waals surface area (Å²) in [6.07, 6.45) is 14.5. The third-order valence-electron chi connectivity index (χ3n) is 5.06. The van der Waals surface area contributed by atoms with Crippen LogP contribution in [-0.4, -0.2) is 6.54 Å². The van der Waals surface area contributed by atoms with E-state index in [1.165, 1.54) is 63.4 Å². The molecule has 0 amide bonds. The second-order valence-corrected chi connectivity index (χ2v) is 6.60. The second-order valence-electron chi connectivity index (χ2n) is 6.60. The maximum absolute atomic E-state index is 3.74. The number of benzene rings is 1. The van der Waals surface area contributed by atoms with E-state index in [4.69, 9.17) is 0 Å². The molecule has 0 bridgehead atoms. The van der Waals surface area contributed by atoms with Gasteiger partial charge in [0, 0.05) is 0 Å². The quantitative estimate of drug-likeness (QED) is 0.757. The molecule has 0 fully saturated rings. The van der Waals surface area contributed by atoms with E-state index >= 15 is 0 Å². The summed E-state index contributed by atoms with van der Waals surface area (Å²) in [5.74, 6) is 0. The Kier molecular flexibility index (Phi) is 5.13. The zero-order valence-corrected chi connectivity index (χ0v) is 13.5. The van der Waals surface area contributed by atoms with Crippen LogP contribution in [0.4, 0.5) is 0 Å². The Morgan fingerprint density at radius 1 is 0.952 bits per heavy atom. The minimum Gasteiger partial charge on any atom is -0.307 e. The summed E-state index contributed by atoms with van der Waals surface area (Å²) in [5.41, 5.74) is 6.31. The summed E-state index contributed by atoms with van der Waals surface area (Å²) in [6, 6.07) is 7.68. The number of fused-ring (bicyclic) bond motifs is 1. The number of hydrogen-bond donors (Lipinski definition) is 1. The van der Waals surface area contributed by atoms with Gasteiger partial charge in [0.15, 0.2) is 0 Å². The summed E-state index contributed by atoms with van der Waals surface area (Å²) in [6.45, 7) is 3.27. The molecule has 114 valence electrons. The maximum atomic E-state index is 3.74. The monoisotopic (exact) mass is 283 g/mol. The molecule has 0 saturated carbocycles. The standard InChI is InChI=1S/C20H29N/c1-2-21-20(17-9-6-4-3-5-7-10-17)19-14-13-16-11-8-12-18(16)15-19/h9,13-15,20-21H,2-8,10-12H2,1H3/b17-9+. The van der Waals surface area contributed by atoms with E-state index in [1.54, 1.807) is 16.7 Å². The van der Waals surface area contributed by atoms with E-state index in [2.05, 4.69) is 36.5 Å². The lowest BCUT2D eigenvalue weighted by atomic mass is 9.89. The van der Waals surface area contributed by atoms with Gasteiger partial charge in [0.2, 0.25) is 0 Å². The van der Waals surface area contributed by atoms with Gasteiger partial charge in [0.1, 0.15) is 0 Å². The molecule has 0 spiro atoms. The molecule has 2 aliphatic carbocycles. The first-order valence-corrected chi connectivity index (χ1v) is 8.92. The summed E-state index contributed by atoms with van der Waals surface area (Å²) in [7, 11) is 0. The van der Waals surface area contributed by atoms with Crippen molar-refractivity contribution in [2.75, 3.05) is 6.54 Å². The van der Waals surface area contributed by atoms with E-state index in [0.29, 0.717) is 6.04 Å². The first kappa shape index (κ1) is 14.8. The number of rotatable bonds is 4. The second kappa shape index (κ2) is 7.26. The van der Waals surface area contributed by atoms with E-state index in [0.717, 1.165) is 6.54 Å². The lowest BCUT2D eigenvalue weighted by Gasteiger charge is -2.24. The van der Waals surface area contributed by atoms with Crippen LogP contribution in [0.25, 0.3) is 0 Å². The van der Waals surface area contributed by atoms with Crippen LogP contribution in [0.2, 0.25) is 0 Å². The van der Waals surface area contributed by atoms with Crippen molar-refractivity contribution >= 4 is 0 Å². The van der Waals surface area contributed by atoms with Crippen molar-refractivity contribution in [1.82, 2.24) is 5.32 Å². The van der Waals surface area contributed by atoms with Crippen molar-refractivity contribution < 1.29 is 0 Å². The lowest BCUT2D eigenvalue weighted by Crippen LogP contribution is -2.23. The summed E-state index contributed by atoms with van der Waals surface area (Å²) >= 11 is 0. The Bertz CT molecular complexity index is 501. The first-order chi connectivity index (χ1) is 10.4. The Morgan fingerprint density at radius 3 is 2.71 bits per heavy atom. The van der Waals surface area contributed by atoms with Crippen molar-refractivity contribution in [2.24, 2.45) is 0 Å². The number of nitrogens with one attached hydrogen (secondary N) is 1. The van der Waals surface area contributed by atoms with Gasteiger partial charge in [0.25, 0.3) is 0 Å². The number of aryl methyl sites for hydroxylation is 2. The van der Waals surface area contributed by atoms with E-state index < -0.39 is 0 Å². The predicted octanol–water partition coefficient (Wildman–Crippen LogP) is 5.11. The highest BCUT2D eigenvalue weighted by Crippen LogP contribution is 2.32. The van der Waals surface area contributed by atoms with Crippen LogP contribution in [0.5, 0.6) is 0 Å². The first-order valence-electron chi connectivity index (χ1n) is 8.92. The highest BCUT2D eigenvalue weighted by atomic mass is 14.9. The van der Waals surface area contributed by atoms with Crippen LogP contribution in [-0.2, 0) is 12.8 Å². The van der Waals surface area contributed by atoms with Crippen LogP contribution in [0, 0.1) is 0 Å². The van der Waals surface area contributed by atoms with E-state index in [-0.39, 0.29) is 0 Å². The summed E-state index contributed by atoms with van der Waals surface area (Å²) in [5, 5.41) is 3.74. The fourth-order valence-corrected chi connectivity index (χ4v) is 3.92. The molecule has 0 aromatic heterocycles. The molecule has 2 aliphatic rings. The third-order valence-corrected chi connectivity index (χ3v) is 5.06. The fourth-order valence-electron chi connectivity index (χ4n) is 3.92. The zero-order chi connectivity index (χ0) is 14.5. The average Bonchev–Trinajstić information content (AvgIpc) is 2.92. The molecule has 1 atom stereocenters. The molecule has 0 heterocycles. The third kappa shape index (κ3) is 3.58. The van der Waals surface area contributed by atoms with Crippen molar-refractivity contribution in [1.29, 1.82) is 0 Å². The maximum Gasteiger partial charge on any atom is 0.0536 e. The highest BCUT2D eigenvalue weighted by molar-refractivity contribution is 5.39. The van der Waals surface area contributed by atoms with Gasteiger partial charge in [-0.1, -0.05) is 49.6 Å². The van der Waals surface area contributed by atoms with Gasteiger partial charge in [-0.3, -0.25) is 0 Å². The average molecular weight is 283 g/mol. The van der Waals surface area contributed by atoms with Crippen LogP contribution in [0.15, 0.2) is 29.8 Å². The SMILES string of the molecule is CCNC(/C1=C/CCCCCC1)c1ccc2c(c1)CCC2. The van der Waals surface area contributed by atoms with Crippen molar-refractivity contribution in [2.45, 2.75) is 70.8 Å². The largest absolute Gasteiger partial charge is 0.307 e. The number of likely N-dealkylation sites (N-methyl/N-ethyl adjacent to an activating group) is 1. The van der Waals surface area contributed by atoms with Crippen molar-refractivity contribution in [3.63, 3.8) is 0 Å². The van der Waals surface area contributed by atoms with Crippen molar-refractivity contribution in [3.8, 4) is 0 Å². The fraction of sp³-hybridized carbons (Fsp3) is 0.600. The van der Waals surface area contributed by atoms with Crippen molar-refractivity contribution in [3.05, 3.63) is 46.5 Å². The van der Waals surface area contributed by atoms with Crippen LogP contribution in [0.1, 0.15) is 74.6 Å². The normalized spacial score (nSPS) is 22.8. The number of allylic oxidation sites excluding steroid dienone is 1. The molecule has 1 aromatic carbocycles. The van der Waals surface area contributed by atoms with Gasteiger partial charge in [-0.15, -0.1) is 0 Å². The Balaban J connectivity index is 1.86. The van der Waals surface area contributed by atoms with Gasteiger partial charge in [0.05, 0.1) is 6.04 Å². The molecule has 1 nitrogen and oxygen atoms in total. The summed E-state index contributed by atoms with van der Waals surface area (Å²) in [4.78, 5) is 0. The zero-order valence-electron chi connectivity index (χ0n) is 13.5. The van der Waals surface area contributed by atoms with Gasteiger partial charge >= 0.3 is 0 Å². The smallest absolute Gasteiger partial charge is 0.0536 e.